The highest BCUT2D eigenvalue weighted by Crippen LogP contribution is 2.31. The van der Waals surface area contributed by atoms with Gasteiger partial charge in [-0.15, -0.1) is 0 Å². The number of benzene rings is 2. The molecular weight excluding hydrogens is 314 g/mol. The highest BCUT2D eigenvalue weighted by atomic mass is 35.5. The zero-order valence-electron chi connectivity index (χ0n) is 13.8. The number of nitrogens with one attached hydrogen (secondary N) is 1. The first kappa shape index (κ1) is 17.6. The average Bonchev–Trinajstić information content (AvgIpc) is 2.46. The van der Waals surface area contributed by atoms with Crippen LogP contribution in [0.3, 0.4) is 0 Å². The van der Waals surface area contributed by atoms with E-state index < -0.39 is 11.2 Å². The van der Waals surface area contributed by atoms with Crippen LogP contribution in [0.25, 0.3) is 0 Å². The van der Waals surface area contributed by atoms with Gasteiger partial charge in [-0.2, -0.15) is 0 Å². The Morgan fingerprint density at radius 1 is 0.957 bits per heavy atom. The van der Waals surface area contributed by atoms with Crippen molar-refractivity contribution in [2.45, 2.75) is 38.9 Å². The Morgan fingerprint density at radius 2 is 1.61 bits per heavy atom. The van der Waals surface area contributed by atoms with Crippen molar-refractivity contribution in [2.24, 2.45) is 0 Å². The minimum Gasteiger partial charge on any atom is -0.457 e. The summed E-state index contributed by atoms with van der Waals surface area (Å²) >= 11 is 6.25. The van der Waals surface area contributed by atoms with Gasteiger partial charge in [0.2, 0.25) is 0 Å². The van der Waals surface area contributed by atoms with E-state index in [-0.39, 0.29) is 0 Å². The maximum absolute atomic E-state index is 10.1. The first-order valence-corrected chi connectivity index (χ1v) is 7.76. The molecule has 23 heavy (non-hydrogen) atoms. The highest BCUT2D eigenvalue weighted by Gasteiger charge is 2.37. The second-order valence-electron chi connectivity index (χ2n) is 6.33. The van der Waals surface area contributed by atoms with E-state index >= 15 is 0 Å². The lowest BCUT2D eigenvalue weighted by Crippen LogP contribution is -2.48. The molecule has 2 aromatic rings. The molecule has 0 amide bonds. The Morgan fingerprint density at radius 3 is 2.17 bits per heavy atom. The zero-order chi connectivity index (χ0) is 17.1. The first-order valence-electron chi connectivity index (χ1n) is 7.38. The summed E-state index contributed by atoms with van der Waals surface area (Å²) in [5.41, 5.74) is 1.60. The van der Waals surface area contributed by atoms with Crippen LogP contribution >= 0.6 is 11.6 Å². The number of ether oxygens (including phenoxy) is 1. The summed E-state index contributed by atoms with van der Waals surface area (Å²) in [5.74, 6) is 1.37. The summed E-state index contributed by atoms with van der Waals surface area (Å²) in [6.45, 7) is 6.96. The number of hydrogen-bond acceptors (Lipinski definition) is 4. The van der Waals surface area contributed by atoms with E-state index in [9.17, 15) is 5.11 Å². The van der Waals surface area contributed by atoms with E-state index in [4.69, 9.17) is 21.2 Å². The monoisotopic (exact) mass is 335 g/mol. The summed E-state index contributed by atoms with van der Waals surface area (Å²) in [5, 5.41) is 10.5. The normalized spacial score (nSPS) is 12.1. The van der Waals surface area contributed by atoms with Crippen molar-refractivity contribution in [2.75, 3.05) is 5.48 Å². The van der Waals surface area contributed by atoms with Gasteiger partial charge in [-0.05, 0) is 52.0 Å². The first-order chi connectivity index (χ1) is 10.7. The third-order valence-corrected chi connectivity index (χ3v) is 4.12. The van der Waals surface area contributed by atoms with Gasteiger partial charge in [0.1, 0.15) is 17.1 Å². The second-order valence-corrected chi connectivity index (χ2v) is 6.74. The van der Waals surface area contributed by atoms with Crippen LogP contribution in [0.5, 0.6) is 11.5 Å². The molecule has 0 spiro atoms. The summed E-state index contributed by atoms with van der Waals surface area (Å²) < 4.78 is 5.72. The second kappa shape index (κ2) is 6.79. The zero-order valence-corrected chi connectivity index (χ0v) is 14.5. The molecule has 0 bridgehead atoms. The largest absolute Gasteiger partial charge is 0.457 e. The van der Waals surface area contributed by atoms with Crippen molar-refractivity contribution in [1.29, 1.82) is 0 Å². The summed E-state index contributed by atoms with van der Waals surface area (Å²) in [4.78, 5) is 5.59. The lowest BCUT2D eigenvalue weighted by Gasteiger charge is -2.36. The number of hydrogen-bond donors (Lipinski definition) is 2. The molecule has 124 valence electrons. The number of para-hydroxylation sites is 1. The molecular formula is C18H22ClNO3. The van der Waals surface area contributed by atoms with Gasteiger partial charge in [0.05, 0.1) is 16.3 Å². The SMILES string of the molecule is CC(C)(O)C(C)(C)ONc1ccc(Oc2ccccc2)cc1Cl. The third-order valence-electron chi connectivity index (χ3n) is 3.81. The van der Waals surface area contributed by atoms with Crippen LogP contribution in [0.4, 0.5) is 5.69 Å². The maximum Gasteiger partial charge on any atom is 0.129 e. The van der Waals surface area contributed by atoms with E-state index in [1.165, 1.54) is 0 Å². The molecule has 2 aromatic carbocycles. The molecule has 0 radical (unpaired) electrons. The van der Waals surface area contributed by atoms with Crippen LogP contribution in [0.15, 0.2) is 48.5 Å². The average molecular weight is 336 g/mol. The number of rotatable bonds is 6. The molecule has 0 aliphatic heterocycles. The summed E-state index contributed by atoms with van der Waals surface area (Å²) in [6, 6.07) is 14.7. The predicted octanol–water partition coefficient (Wildman–Crippen LogP) is 5.03. The molecule has 5 heteroatoms. The Labute approximate surface area is 142 Å². The van der Waals surface area contributed by atoms with Gasteiger partial charge in [-0.25, -0.2) is 0 Å². The van der Waals surface area contributed by atoms with Crippen LogP contribution in [-0.4, -0.2) is 16.3 Å². The maximum atomic E-state index is 10.1. The molecule has 0 aliphatic rings. The lowest BCUT2D eigenvalue weighted by molar-refractivity contribution is -0.130. The molecule has 0 aromatic heterocycles. The Balaban J connectivity index is 2.05. The van der Waals surface area contributed by atoms with E-state index in [0.717, 1.165) is 5.75 Å². The van der Waals surface area contributed by atoms with E-state index in [2.05, 4.69) is 5.48 Å². The molecule has 2 rings (SSSR count). The molecule has 0 aliphatic carbocycles. The van der Waals surface area contributed by atoms with Crippen molar-refractivity contribution in [3.8, 4) is 11.5 Å². The third kappa shape index (κ3) is 4.61. The van der Waals surface area contributed by atoms with Crippen molar-refractivity contribution in [3.05, 3.63) is 53.6 Å². The molecule has 0 fully saturated rings. The van der Waals surface area contributed by atoms with Crippen molar-refractivity contribution < 1.29 is 14.7 Å². The van der Waals surface area contributed by atoms with Crippen LogP contribution in [0, 0.1) is 0 Å². The van der Waals surface area contributed by atoms with Gasteiger partial charge in [0.25, 0.3) is 0 Å². The fraction of sp³-hybridized carbons (Fsp3) is 0.333. The van der Waals surface area contributed by atoms with Crippen molar-refractivity contribution in [1.82, 2.24) is 0 Å². The van der Waals surface area contributed by atoms with Crippen LogP contribution in [0.1, 0.15) is 27.7 Å². The highest BCUT2D eigenvalue weighted by molar-refractivity contribution is 6.33. The number of halogens is 1. The fourth-order valence-corrected chi connectivity index (χ4v) is 1.78. The van der Waals surface area contributed by atoms with Gasteiger partial charge < -0.3 is 9.84 Å². The summed E-state index contributed by atoms with van der Waals surface area (Å²) in [6.07, 6.45) is 0. The minimum absolute atomic E-state index is 0.463. The van der Waals surface area contributed by atoms with Crippen molar-refractivity contribution >= 4 is 17.3 Å². The standard InChI is InChI=1S/C18H22ClNO3/c1-17(2,21)18(3,4)23-20-16-11-10-14(12-15(16)19)22-13-8-6-5-7-9-13/h5-12,20-21H,1-4H3. The van der Waals surface area contributed by atoms with Gasteiger partial charge in [0, 0.05) is 6.07 Å². The van der Waals surface area contributed by atoms with Gasteiger partial charge in [-0.1, -0.05) is 29.8 Å². The molecule has 4 nitrogen and oxygen atoms in total. The summed E-state index contributed by atoms with van der Waals surface area (Å²) in [7, 11) is 0. The molecule has 0 saturated carbocycles. The van der Waals surface area contributed by atoms with E-state index in [1.807, 2.05) is 30.3 Å². The number of aliphatic hydroxyl groups is 1. The van der Waals surface area contributed by atoms with Crippen LogP contribution in [-0.2, 0) is 4.84 Å². The van der Waals surface area contributed by atoms with Crippen LogP contribution < -0.4 is 10.2 Å². The Bertz CT molecular complexity index is 651. The molecule has 0 saturated heterocycles. The smallest absolute Gasteiger partial charge is 0.129 e. The van der Waals surface area contributed by atoms with Gasteiger partial charge in [-0.3, -0.25) is 10.3 Å². The molecule has 2 N–H and O–H groups in total. The molecule has 0 atom stereocenters. The molecule has 0 heterocycles. The lowest BCUT2D eigenvalue weighted by atomic mass is 9.90. The van der Waals surface area contributed by atoms with Gasteiger partial charge in [0.15, 0.2) is 0 Å². The Kier molecular flexibility index (Phi) is 5.19. The predicted molar refractivity (Wildman–Crippen MR) is 93.1 cm³/mol. The quantitative estimate of drug-likeness (QED) is 0.727. The van der Waals surface area contributed by atoms with Crippen molar-refractivity contribution in [3.63, 3.8) is 0 Å². The van der Waals surface area contributed by atoms with E-state index in [0.29, 0.717) is 16.5 Å². The topological polar surface area (TPSA) is 50.7 Å². The van der Waals surface area contributed by atoms with E-state index in [1.54, 1.807) is 45.9 Å². The van der Waals surface area contributed by atoms with Crippen LogP contribution in [0.2, 0.25) is 5.02 Å². The minimum atomic E-state index is -1.01. The number of anilines is 1. The van der Waals surface area contributed by atoms with Gasteiger partial charge >= 0.3 is 0 Å². The fourth-order valence-electron chi connectivity index (χ4n) is 1.57. The Hall–Kier alpha value is -1.75. The molecule has 0 unspecified atom stereocenters.